The third-order valence-corrected chi connectivity index (χ3v) is 5.74. The number of rotatable bonds is 4. The van der Waals surface area contributed by atoms with Crippen molar-refractivity contribution in [3.05, 3.63) is 46.5 Å². The number of hydrogen-bond acceptors (Lipinski definition) is 5. The predicted octanol–water partition coefficient (Wildman–Crippen LogP) is 3.72. The van der Waals surface area contributed by atoms with Gasteiger partial charge in [-0.1, -0.05) is 0 Å². The number of methoxy groups -OCH3 is 1. The van der Waals surface area contributed by atoms with E-state index in [-0.39, 0.29) is 12.8 Å². The SMILES string of the molecule is COc1cc2c(cc1OCC(F)F)CC1c3cc4c(cc3CCN1C2)OCO4. The maximum atomic E-state index is 12.6. The van der Waals surface area contributed by atoms with Gasteiger partial charge in [0.2, 0.25) is 6.79 Å². The number of fused-ring (bicyclic) bond motifs is 5. The molecule has 0 aromatic heterocycles. The van der Waals surface area contributed by atoms with Gasteiger partial charge in [-0.3, -0.25) is 4.90 Å². The van der Waals surface area contributed by atoms with E-state index < -0.39 is 13.0 Å². The summed E-state index contributed by atoms with van der Waals surface area (Å²) >= 11 is 0. The van der Waals surface area contributed by atoms with Crippen LogP contribution in [0.15, 0.2) is 24.3 Å². The lowest BCUT2D eigenvalue weighted by atomic mass is 9.83. The summed E-state index contributed by atoms with van der Waals surface area (Å²) < 4.78 is 46.9. The molecule has 1 unspecified atom stereocenters. The topological polar surface area (TPSA) is 40.2 Å². The van der Waals surface area contributed by atoms with Crippen molar-refractivity contribution in [3.8, 4) is 23.0 Å². The molecule has 0 spiro atoms. The summed E-state index contributed by atoms with van der Waals surface area (Å²) in [6.45, 7) is 1.37. The summed E-state index contributed by atoms with van der Waals surface area (Å²) in [5.41, 5.74) is 4.81. The van der Waals surface area contributed by atoms with Gasteiger partial charge in [0.05, 0.1) is 7.11 Å². The molecule has 0 amide bonds. The van der Waals surface area contributed by atoms with Gasteiger partial charge in [-0.05, 0) is 59.4 Å². The number of benzene rings is 2. The Morgan fingerprint density at radius 1 is 1.07 bits per heavy atom. The number of alkyl halides is 2. The maximum absolute atomic E-state index is 12.6. The van der Waals surface area contributed by atoms with E-state index in [4.69, 9.17) is 18.9 Å². The van der Waals surface area contributed by atoms with Gasteiger partial charge in [-0.2, -0.15) is 0 Å². The Hall–Kier alpha value is -2.54. The Labute approximate surface area is 161 Å². The predicted molar refractivity (Wildman–Crippen MR) is 97.6 cm³/mol. The summed E-state index contributed by atoms with van der Waals surface area (Å²) in [6.07, 6.45) is -0.771. The van der Waals surface area contributed by atoms with Gasteiger partial charge >= 0.3 is 0 Å². The molecule has 0 saturated carbocycles. The first-order valence-electron chi connectivity index (χ1n) is 9.39. The molecule has 0 fully saturated rings. The van der Waals surface area contributed by atoms with Crippen LogP contribution in [0.3, 0.4) is 0 Å². The van der Waals surface area contributed by atoms with E-state index in [0.717, 1.165) is 48.6 Å². The molecule has 3 aliphatic rings. The van der Waals surface area contributed by atoms with E-state index in [2.05, 4.69) is 17.0 Å². The fraction of sp³-hybridized carbons (Fsp3) is 0.429. The van der Waals surface area contributed by atoms with Crippen molar-refractivity contribution in [1.82, 2.24) is 4.90 Å². The molecular weight excluding hydrogens is 368 g/mol. The highest BCUT2D eigenvalue weighted by atomic mass is 19.3. The van der Waals surface area contributed by atoms with Crippen LogP contribution in [0.4, 0.5) is 8.78 Å². The first-order chi connectivity index (χ1) is 13.6. The quantitative estimate of drug-likeness (QED) is 0.797. The second kappa shape index (κ2) is 6.81. The van der Waals surface area contributed by atoms with E-state index in [0.29, 0.717) is 11.5 Å². The standard InChI is InChI=1S/C21H21F2NO4/c1-25-17-7-14-9-24-3-2-12-5-19-20(28-11-27-19)8-15(12)16(24)4-13(14)6-18(17)26-10-21(22)23/h5-8,16,21H,2-4,9-11H2,1H3. The number of nitrogens with zero attached hydrogens (tertiary/aromatic N) is 1. The van der Waals surface area contributed by atoms with Gasteiger partial charge in [0, 0.05) is 19.1 Å². The Morgan fingerprint density at radius 3 is 2.64 bits per heavy atom. The van der Waals surface area contributed by atoms with Crippen molar-refractivity contribution in [2.45, 2.75) is 31.9 Å². The number of ether oxygens (including phenoxy) is 4. The summed E-state index contributed by atoms with van der Waals surface area (Å²) in [6, 6.07) is 8.19. The Kier molecular flexibility index (Phi) is 4.27. The molecule has 148 valence electrons. The largest absolute Gasteiger partial charge is 0.493 e. The van der Waals surface area contributed by atoms with Crippen LogP contribution < -0.4 is 18.9 Å². The fourth-order valence-corrected chi connectivity index (χ4v) is 4.40. The average molecular weight is 389 g/mol. The molecule has 3 heterocycles. The minimum atomic E-state index is -2.52. The minimum absolute atomic E-state index is 0.224. The van der Waals surface area contributed by atoms with E-state index in [1.165, 1.54) is 18.2 Å². The van der Waals surface area contributed by atoms with Crippen molar-refractivity contribution >= 4 is 0 Å². The van der Waals surface area contributed by atoms with Gasteiger partial charge in [-0.15, -0.1) is 0 Å². The fourth-order valence-electron chi connectivity index (χ4n) is 4.40. The lowest BCUT2D eigenvalue weighted by Crippen LogP contribution is -2.39. The van der Waals surface area contributed by atoms with Crippen LogP contribution in [0.25, 0.3) is 0 Å². The maximum Gasteiger partial charge on any atom is 0.272 e. The van der Waals surface area contributed by atoms with Crippen molar-refractivity contribution in [1.29, 1.82) is 0 Å². The zero-order valence-corrected chi connectivity index (χ0v) is 15.5. The lowest BCUT2D eigenvalue weighted by molar-refractivity contribution is 0.0802. The second-order valence-electron chi connectivity index (χ2n) is 7.32. The smallest absolute Gasteiger partial charge is 0.272 e. The van der Waals surface area contributed by atoms with Crippen LogP contribution in [0.2, 0.25) is 0 Å². The number of hydrogen-bond donors (Lipinski definition) is 0. The second-order valence-corrected chi connectivity index (χ2v) is 7.32. The third-order valence-electron chi connectivity index (χ3n) is 5.74. The molecule has 28 heavy (non-hydrogen) atoms. The molecule has 3 aliphatic heterocycles. The van der Waals surface area contributed by atoms with Crippen LogP contribution in [-0.2, 0) is 19.4 Å². The van der Waals surface area contributed by atoms with Gasteiger partial charge in [0.25, 0.3) is 6.43 Å². The van der Waals surface area contributed by atoms with Crippen molar-refractivity contribution in [2.24, 2.45) is 0 Å². The Bertz CT molecular complexity index is 918. The molecule has 0 bridgehead atoms. The van der Waals surface area contributed by atoms with Gasteiger partial charge in [0.15, 0.2) is 23.0 Å². The molecule has 0 saturated heterocycles. The normalized spacial score (nSPS) is 19.8. The highest BCUT2D eigenvalue weighted by molar-refractivity contribution is 5.53. The van der Waals surface area contributed by atoms with Crippen LogP contribution in [0.1, 0.15) is 28.3 Å². The average Bonchev–Trinajstić information content (AvgIpc) is 3.15. The van der Waals surface area contributed by atoms with E-state index in [9.17, 15) is 8.78 Å². The van der Waals surface area contributed by atoms with Crippen LogP contribution in [0.5, 0.6) is 23.0 Å². The highest BCUT2D eigenvalue weighted by Crippen LogP contribution is 2.45. The Morgan fingerprint density at radius 2 is 1.86 bits per heavy atom. The monoisotopic (exact) mass is 389 g/mol. The van der Waals surface area contributed by atoms with Crippen molar-refractivity contribution in [3.63, 3.8) is 0 Å². The van der Waals surface area contributed by atoms with Crippen LogP contribution in [-0.4, -0.2) is 38.4 Å². The first kappa shape index (κ1) is 17.6. The minimum Gasteiger partial charge on any atom is -0.493 e. The summed E-state index contributed by atoms with van der Waals surface area (Å²) in [4.78, 5) is 2.45. The Balaban J connectivity index is 1.49. The summed E-state index contributed by atoms with van der Waals surface area (Å²) in [5.74, 6) is 2.48. The van der Waals surface area contributed by atoms with Gasteiger partial charge in [0.1, 0.15) is 6.61 Å². The molecule has 0 aliphatic carbocycles. The summed E-state index contributed by atoms with van der Waals surface area (Å²) in [5, 5.41) is 0. The van der Waals surface area contributed by atoms with Gasteiger partial charge < -0.3 is 18.9 Å². The van der Waals surface area contributed by atoms with E-state index in [1.54, 1.807) is 0 Å². The van der Waals surface area contributed by atoms with E-state index >= 15 is 0 Å². The molecule has 5 rings (SSSR count). The zero-order valence-electron chi connectivity index (χ0n) is 15.5. The van der Waals surface area contributed by atoms with E-state index in [1.807, 2.05) is 12.1 Å². The van der Waals surface area contributed by atoms with Crippen molar-refractivity contribution < 1.29 is 27.7 Å². The molecule has 2 aromatic carbocycles. The lowest BCUT2D eigenvalue weighted by Gasteiger charge is -2.41. The third kappa shape index (κ3) is 2.94. The zero-order chi connectivity index (χ0) is 19.3. The summed E-state index contributed by atoms with van der Waals surface area (Å²) in [7, 11) is 1.53. The van der Waals surface area contributed by atoms with Crippen LogP contribution in [0, 0.1) is 0 Å². The van der Waals surface area contributed by atoms with Crippen molar-refractivity contribution in [2.75, 3.05) is 27.1 Å². The van der Waals surface area contributed by atoms with Gasteiger partial charge in [-0.25, -0.2) is 8.78 Å². The highest BCUT2D eigenvalue weighted by Gasteiger charge is 2.34. The molecule has 2 aromatic rings. The number of halogens is 2. The molecule has 5 nitrogen and oxygen atoms in total. The first-order valence-corrected chi connectivity index (χ1v) is 9.39. The molecule has 0 N–H and O–H groups in total. The van der Waals surface area contributed by atoms with Crippen LogP contribution >= 0.6 is 0 Å². The molecule has 1 atom stereocenters. The molecular formula is C21H21F2NO4. The molecule has 7 heteroatoms. The molecule has 0 radical (unpaired) electrons.